The molecule has 8 nitrogen and oxygen atoms in total. The van der Waals surface area contributed by atoms with E-state index in [1.165, 1.54) is 19.2 Å². The van der Waals surface area contributed by atoms with Gasteiger partial charge in [0.2, 0.25) is 0 Å². The number of methoxy groups -OCH3 is 1. The van der Waals surface area contributed by atoms with Crippen molar-refractivity contribution in [3.05, 3.63) is 28.8 Å². The van der Waals surface area contributed by atoms with Gasteiger partial charge in [0, 0.05) is 6.54 Å². The van der Waals surface area contributed by atoms with E-state index in [0.717, 1.165) is 0 Å². The molecule has 0 fully saturated rings. The summed E-state index contributed by atoms with van der Waals surface area (Å²) < 4.78 is 48.4. The Bertz CT molecular complexity index is 800. The molecule has 1 N–H and O–H groups in total. The lowest BCUT2D eigenvalue weighted by Crippen LogP contribution is -2.31. The van der Waals surface area contributed by atoms with Crippen LogP contribution >= 0.6 is 0 Å². The van der Waals surface area contributed by atoms with Crippen LogP contribution in [-0.4, -0.2) is 39.6 Å². The lowest BCUT2D eigenvalue weighted by atomic mass is 9.99. The molecule has 0 radical (unpaired) electrons. The molecule has 0 bridgehead atoms. The minimum Gasteiger partial charge on any atom is -0.469 e. The van der Waals surface area contributed by atoms with Gasteiger partial charge in [-0.3, -0.25) is 9.59 Å². The number of nitrogens with one attached hydrogen (secondary N) is 1. The van der Waals surface area contributed by atoms with Crippen LogP contribution in [0.2, 0.25) is 0 Å². The van der Waals surface area contributed by atoms with Crippen LogP contribution < -0.4 is 9.50 Å². The van der Waals surface area contributed by atoms with Crippen LogP contribution in [0.4, 0.5) is 3.89 Å². The summed E-state index contributed by atoms with van der Waals surface area (Å²) in [5.41, 5.74) is 0.974. The van der Waals surface area contributed by atoms with Crippen molar-refractivity contribution in [2.45, 2.75) is 46.3 Å². The second kappa shape index (κ2) is 9.14. The normalized spacial score (nSPS) is 11.8. The molecular formula is C17H24FNO7S. The van der Waals surface area contributed by atoms with Crippen molar-refractivity contribution in [2.75, 3.05) is 13.7 Å². The molecule has 1 aromatic carbocycles. The van der Waals surface area contributed by atoms with Gasteiger partial charge in [0.15, 0.2) is 0 Å². The number of hydrogen-bond donors (Lipinski definition) is 1. The van der Waals surface area contributed by atoms with E-state index < -0.39 is 28.0 Å². The van der Waals surface area contributed by atoms with Gasteiger partial charge < -0.3 is 19.0 Å². The fourth-order valence-electron chi connectivity index (χ4n) is 2.24. The number of carbonyl (C=O) groups is 2. The summed E-state index contributed by atoms with van der Waals surface area (Å²) in [6, 6.07) is 2.57. The highest BCUT2D eigenvalue weighted by Gasteiger charge is 2.18. The average Bonchev–Trinajstić information content (AvgIpc) is 2.47. The molecule has 1 rings (SSSR count). The van der Waals surface area contributed by atoms with Crippen molar-refractivity contribution in [1.29, 1.82) is 0 Å². The summed E-state index contributed by atoms with van der Waals surface area (Å²) in [6.07, 6.45) is -0.148. The van der Waals surface area contributed by atoms with Gasteiger partial charge in [0.1, 0.15) is 11.4 Å². The summed E-state index contributed by atoms with van der Waals surface area (Å²) in [7, 11) is -4.01. The van der Waals surface area contributed by atoms with Gasteiger partial charge in [-0.2, -0.15) is 8.42 Å². The fourth-order valence-corrected chi connectivity index (χ4v) is 2.57. The van der Waals surface area contributed by atoms with Gasteiger partial charge in [-0.1, -0.05) is 3.89 Å². The lowest BCUT2D eigenvalue weighted by Gasteiger charge is -2.20. The SMILES string of the molecule is COC(=O)Cc1cc(OS(=O)(=O)F)cc(CNCC(=O)OC(C)(C)C)c1C. The zero-order valence-corrected chi connectivity index (χ0v) is 16.7. The largest absolute Gasteiger partial charge is 0.488 e. The van der Waals surface area contributed by atoms with E-state index in [-0.39, 0.29) is 25.3 Å². The zero-order chi connectivity index (χ0) is 20.8. The molecule has 152 valence electrons. The van der Waals surface area contributed by atoms with Crippen molar-refractivity contribution in [3.8, 4) is 5.75 Å². The van der Waals surface area contributed by atoms with Crippen LogP contribution in [-0.2, 0) is 42.5 Å². The Labute approximate surface area is 158 Å². The first kappa shape index (κ1) is 22.8. The molecule has 0 aliphatic heterocycles. The second-order valence-corrected chi connectivity index (χ2v) is 7.74. The van der Waals surface area contributed by atoms with Crippen LogP contribution in [0.1, 0.15) is 37.5 Å². The molecule has 0 saturated carbocycles. The maximum Gasteiger partial charge on any atom is 0.488 e. The Morgan fingerprint density at radius 2 is 1.74 bits per heavy atom. The van der Waals surface area contributed by atoms with E-state index in [1.54, 1.807) is 27.7 Å². The van der Waals surface area contributed by atoms with Gasteiger partial charge in [-0.25, -0.2) is 0 Å². The fraction of sp³-hybridized carbons (Fsp3) is 0.529. The maximum atomic E-state index is 12.9. The quantitative estimate of drug-likeness (QED) is 0.515. The van der Waals surface area contributed by atoms with Crippen molar-refractivity contribution in [3.63, 3.8) is 0 Å². The molecule has 0 amide bonds. The van der Waals surface area contributed by atoms with Crippen LogP contribution in [0, 0.1) is 6.92 Å². The Kier molecular flexibility index (Phi) is 7.73. The molecule has 0 unspecified atom stereocenters. The molecule has 0 saturated heterocycles. The number of esters is 2. The van der Waals surface area contributed by atoms with E-state index in [2.05, 4.69) is 14.2 Å². The third kappa shape index (κ3) is 8.83. The summed E-state index contributed by atoms with van der Waals surface area (Å²) >= 11 is 0. The predicted molar refractivity (Wildman–Crippen MR) is 95.1 cm³/mol. The van der Waals surface area contributed by atoms with Gasteiger partial charge in [-0.05, 0) is 56.5 Å². The van der Waals surface area contributed by atoms with Crippen molar-refractivity contribution < 1.29 is 35.5 Å². The molecule has 27 heavy (non-hydrogen) atoms. The minimum absolute atomic E-state index is 0.0878. The summed E-state index contributed by atoms with van der Waals surface area (Å²) in [5.74, 6) is -1.30. The van der Waals surface area contributed by atoms with E-state index in [0.29, 0.717) is 16.7 Å². The molecule has 0 heterocycles. The van der Waals surface area contributed by atoms with Crippen molar-refractivity contribution in [2.24, 2.45) is 0 Å². The minimum atomic E-state index is -5.22. The topological polar surface area (TPSA) is 108 Å². The monoisotopic (exact) mass is 405 g/mol. The molecular weight excluding hydrogens is 381 g/mol. The highest BCUT2D eigenvalue weighted by atomic mass is 32.3. The molecule has 0 aliphatic rings. The van der Waals surface area contributed by atoms with E-state index in [9.17, 15) is 21.9 Å². The van der Waals surface area contributed by atoms with E-state index in [1.807, 2.05) is 0 Å². The molecule has 0 spiro atoms. The first-order valence-electron chi connectivity index (χ1n) is 8.06. The van der Waals surface area contributed by atoms with Gasteiger partial charge >= 0.3 is 22.4 Å². The van der Waals surface area contributed by atoms with Gasteiger partial charge in [-0.15, -0.1) is 0 Å². The number of benzene rings is 1. The zero-order valence-electron chi connectivity index (χ0n) is 15.9. The number of halogens is 1. The molecule has 1 aromatic rings. The van der Waals surface area contributed by atoms with Crippen LogP contribution in [0.3, 0.4) is 0 Å². The van der Waals surface area contributed by atoms with Crippen LogP contribution in [0.25, 0.3) is 0 Å². The molecule has 0 aromatic heterocycles. The Morgan fingerprint density at radius 1 is 1.15 bits per heavy atom. The number of rotatable bonds is 8. The van der Waals surface area contributed by atoms with Crippen LogP contribution in [0.15, 0.2) is 12.1 Å². The predicted octanol–water partition coefficient (Wildman–Crippen LogP) is 1.73. The number of ether oxygens (including phenoxy) is 2. The Hall–Kier alpha value is -2.20. The highest BCUT2D eigenvalue weighted by molar-refractivity contribution is 7.81. The first-order chi connectivity index (χ1) is 12.3. The Balaban J connectivity index is 2.99. The van der Waals surface area contributed by atoms with Gasteiger partial charge in [0.05, 0.1) is 20.1 Å². The summed E-state index contributed by atoms with van der Waals surface area (Å²) in [4.78, 5) is 23.3. The summed E-state index contributed by atoms with van der Waals surface area (Å²) in [5, 5.41) is 2.86. The van der Waals surface area contributed by atoms with Crippen molar-refractivity contribution in [1.82, 2.24) is 5.32 Å². The molecule has 10 heteroatoms. The number of carbonyl (C=O) groups excluding carboxylic acids is 2. The first-order valence-corrected chi connectivity index (χ1v) is 9.37. The molecule has 0 atom stereocenters. The highest BCUT2D eigenvalue weighted by Crippen LogP contribution is 2.24. The third-order valence-electron chi connectivity index (χ3n) is 3.36. The van der Waals surface area contributed by atoms with Gasteiger partial charge in [0.25, 0.3) is 0 Å². The van der Waals surface area contributed by atoms with Crippen molar-refractivity contribution >= 4 is 22.4 Å². The smallest absolute Gasteiger partial charge is 0.469 e. The number of hydrogen-bond acceptors (Lipinski definition) is 8. The average molecular weight is 405 g/mol. The summed E-state index contributed by atoms with van der Waals surface area (Å²) in [6.45, 7) is 6.99. The van der Waals surface area contributed by atoms with Crippen LogP contribution in [0.5, 0.6) is 5.75 Å². The molecule has 0 aliphatic carbocycles. The maximum absolute atomic E-state index is 12.9. The van der Waals surface area contributed by atoms with E-state index >= 15 is 0 Å². The third-order valence-corrected chi connectivity index (χ3v) is 3.75. The lowest BCUT2D eigenvalue weighted by molar-refractivity contribution is -0.153. The second-order valence-electron chi connectivity index (χ2n) is 6.79. The Morgan fingerprint density at radius 3 is 2.26 bits per heavy atom. The standard InChI is InChI=1S/C17H24FNO7S/c1-11-12(8-15(20)24-5)6-14(26-27(18,22)23)7-13(11)9-19-10-16(21)25-17(2,3)4/h6-7,19H,8-10H2,1-5H3. The van der Waals surface area contributed by atoms with E-state index in [4.69, 9.17) is 4.74 Å².